The van der Waals surface area contributed by atoms with Gasteiger partial charge in [0.2, 0.25) is 0 Å². The highest BCUT2D eigenvalue weighted by Gasteiger charge is 2.21. The van der Waals surface area contributed by atoms with Gasteiger partial charge in [-0.1, -0.05) is 71.6 Å². The van der Waals surface area contributed by atoms with Crippen molar-refractivity contribution in [3.8, 4) is 0 Å². The van der Waals surface area contributed by atoms with Crippen LogP contribution in [0.3, 0.4) is 0 Å². The van der Waals surface area contributed by atoms with E-state index >= 15 is 0 Å². The summed E-state index contributed by atoms with van der Waals surface area (Å²) in [6, 6.07) is 0. The summed E-state index contributed by atoms with van der Waals surface area (Å²) in [7, 11) is 0. The molecule has 0 radical (unpaired) electrons. The van der Waals surface area contributed by atoms with Crippen LogP contribution >= 0.6 is 0 Å². The number of ether oxygens (including phenoxy) is 2. The normalized spacial score (nSPS) is 15.5. The van der Waals surface area contributed by atoms with Gasteiger partial charge in [-0.05, 0) is 26.7 Å². The molecular weight excluding hydrogens is 288 g/mol. The van der Waals surface area contributed by atoms with Gasteiger partial charge in [0.15, 0.2) is 0 Å². The van der Waals surface area contributed by atoms with Gasteiger partial charge in [-0.3, -0.25) is 0 Å². The van der Waals surface area contributed by atoms with Gasteiger partial charge in [0, 0.05) is 13.0 Å². The first kappa shape index (κ1) is 22.9. The fraction of sp³-hybridized carbons (Fsp3) is 1.00. The van der Waals surface area contributed by atoms with Crippen molar-refractivity contribution in [2.45, 2.75) is 116 Å². The molecule has 0 aromatic heterocycles. The summed E-state index contributed by atoms with van der Waals surface area (Å²) in [5.74, 6) is 0. The second-order valence-electron chi connectivity index (χ2n) is 7.24. The molecule has 23 heavy (non-hydrogen) atoms. The molecule has 2 unspecified atom stereocenters. The van der Waals surface area contributed by atoms with Crippen LogP contribution < -0.4 is 0 Å². The molecule has 0 amide bonds. The van der Waals surface area contributed by atoms with E-state index in [1.165, 1.54) is 57.8 Å². The maximum absolute atomic E-state index is 9.98. The second-order valence-corrected chi connectivity index (χ2v) is 7.24. The third kappa shape index (κ3) is 16.5. The zero-order valence-electron chi connectivity index (χ0n) is 16.2. The van der Waals surface area contributed by atoms with Gasteiger partial charge in [0.05, 0.1) is 11.7 Å². The van der Waals surface area contributed by atoms with Crippen molar-refractivity contribution in [1.29, 1.82) is 0 Å². The minimum absolute atomic E-state index is 0.0395. The molecule has 0 saturated carbocycles. The van der Waals surface area contributed by atoms with E-state index in [0.717, 1.165) is 19.4 Å². The molecule has 0 heterocycles. The van der Waals surface area contributed by atoms with Crippen LogP contribution in [0.2, 0.25) is 0 Å². The quantitative estimate of drug-likeness (QED) is 0.269. The van der Waals surface area contributed by atoms with Crippen LogP contribution in [0.4, 0.5) is 0 Å². The Balaban J connectivity index is 3.21. The van der Waals surface area contributed by atoms with E-state index in [2.05, 4.69) is 6.92 Å². The van der Waals surface area contributed by atoms with E-state index in [1.54, 1.807) is 0 Å². The van der Waals surface area contributed by atoms with Crippen LogP contribution in [0, 0.1) is 0 Å². The van der Waals surface area contributed by atoms with E-state index in [-0.39, 0.29) is 6.10 Å². The number of rotatable bonds is 17. The third-order valence-electron chi connectivity index (χ3n) is 4.57. The van der Waals surface area contributed by atoms with Crippen LogP contribution in [-0.4, -0.2) is 30.2 Å². The van der Waals surface area contributed by atoms with Crippen molar-refractivity contribution in [1.82, 2.24) is 0 Å². The first-order valence-electron chi connectivity index (χ1n) is 9.93. The summed E-state index contributed by atoms with van der Waals surface area (Å²) < 4.78 is 11.1. The Morgan fingerprint density at radius 1 is 0.870 bits per heavy atom. The fourth-order valence-electron chi connectivity index (χ4n) is 2.74. The van der Waals surface area contributed by atoms with Crippen molar-refractivity contribution < 1.29 is 14.6 Å². The van der Waals surface area contributed by atoms with Gasteiger partial charge in [-0.2, -0.15) is 0 Å². The summed E-state index contributed by atoms with van der Waals surface area (Å²) in [4.78, 5) is 0. The first-order valence-corrected chi connectivity index (χ1v) is 9.93. The minimum Gasteiger partial charge on any atom is -0.390 e. The summed E-state index contributed by atoms with van der Waals surface area (Å²) in [6.45, 7) is 9.24. The van der Waals surface area contributed by atoms with Crippen molar-refractivity contribution >= 4 is 0 Å². The lowest BCUT2D eigenvalue weighted by Crippen LogP contribution is -2.29. The number of unbranched alkanes of at least 4 members (excludes halogenated alkanes) is 9. The summed E-state index contributed by atoms with van der Waals surface area (Å²) in [5.41, 5.74) is -0.629. The molecule has 3 nitrogen and oxygen atoms in total. The number of hydrogen-bond acceptors (Lipinski definition) is 3. The zero-order valence-corrected chi connectivity index (χ0v) is 16.2. The summed E-state index contributed by atoms with van der Waals surface area (Å²) in [5, 5.41) is 9.98. The molecule has 3 heteroatoms. The molecule has 0 aromatic carbocycles. The molecule has 0 saturated heterocycles. The van der Waals surface area contributed by atoms with Crippen LogP contribution in [0.1, 0.15) is 105 Å². The number of aliphatic hydroxyl groups is 1. The molecule has 0 rings (SSSR count). The summed E-state index contributed by atoms with van der Waals surface area (Å²) in [6.07, 6.45) is 14.9. The molecule has 2 atom stereocenters. The minimum atomic E-state index is -0.629. The fourth-order valence-corrected chi connectivity index (χ4v) is 2.74. The van der Waals surface area contributed by atoms with Gasteiger partial charge < -0.3 is 14.6 Å². The summed E-state index contributed by atoms with van der Waals surface area (Å²) >= 11 is 0. The molecule has 1 N–H and O–H groups in total. The van der Waals surface area contributed by atoms with Gasteiger partial charge in [-0.15, -0.1) is 0 Å². The van der Waals surface area contributed by atoms with E-state index in [4.69, 9.17) is 9.47 Å². The number of hydrogen-bond donors (Lipinski definition) is 1. The highest BCUT2D eigenvalue weighted by atomic mass is 16.7. The van der Waals surface area contributed by atoms with Gasteiger partial charge in [0.1, 0.15) is 6.79 Å². The zero-order chi connectivity index (χ0) is 17.4. The van der Waals surface area contributed by atoms with Crippen LogP contribution in [-0.2, 0) is 9.47 Å². The van der Waals surface area contributed by atoms with Crippen molar-refractivity contribution in [2.24, 2.45) is 0 Å². The first-order chi connectivity index (χ1) is 11.0. The molecule has 0 bridgehead atoms. The SMILES string of the molecule is CCCCCCCCCCCCOCOC(C)CC(C)(O)CC. The van der Waals surface area contributed by atoms with Crippen molar-refractivity contribution in [3.05, 3.63) is 0 Å². The maximum Gasteiger partial charge on any atom is 0.147 e. The highest BCUT2D eigenvalue weighted by Crippen LogP contribution is 2.17. The highest BCUT2D eigenvalue weighted by molar-refractivity contribution is 4.73. The second kappa shape index (κ2) is 15.4. The average molecular weight is 331 g/mol. The predicted molar refractivity (Wildman–Crippen MR) is 98.7 cm³/mol. The Morgan fingerprint density at radius 3 is 1.91 bits per heavy atom. The molecular formula is C20H42O3. The molecule has 0 aromatic rings. The van der Waals surface area contributed by atoms with E-state index in [1.807, 2.05) is 20.8 Å². The maximum atomic E-state index is 9.98. The van der Waals surface area contributed by atoms with E-state index in [0.29, 0.717) is 13.2 Å². The topological polar surface area (TPSA) is 38.7 Å². The average Bonchev–Trinajstić information content (AvgIpc) is 2.51. The monoisotopic (exact) mass is 330 g/mol. The van der Waals surface area contributed by atoms with Crippen LogP contribution in [0.15, 0.2) is 0 Å². The molecule has 0 spiro atoms. The van der Waals surface area contributed by atoms with Crippen LogP contribution in [0.25, 0.3) is 0 Å². The van der Waals surface area contributed by atoms with Crippen molar-refractivity contribution in [2.75, 3.05) is 13.4 Å². The molecule has 0 aliphatic carbocycles. The Bertz CT molecular complexity index is 241. The standard InChI is InChI=1S/C20H42O3/c1-5-7-8-9-10-11-12-13-14-15-16-22-18-23-19(3)17-20(4,21)6-2/h19,21H,5-18H2,1-4H3. The molecule has 140 valence electrons. The lowest BCUT2D eigenvalue weighted by molar-refractivity contribution is -0.106. The van der Waals surface area contributed by atoms with E-state index < -0.39 is 5.60 Å². The lowest BCUT2D eigenvalue weighted by atomic mass is 9.96. The van der Waals surface area contributed by atoms with E-state index in [9.17, 15) is 5.11 Å². The Labute approximate surface area is 145 Å². The smallest absolute Gasteiger partial charge is 0.147 e. The molecule has 0 fully saturated rings. The van der Waals surface area contributed by atoms with Crippen LogP contribution in [0.5, 0.6) is 0 Å². The Hall–Kier alpha value is -0.120. The molecule has 0 aliphatic rings. The predicted octanol–water partition coefficient (Wildman–Crippen LogP) is 5.84. The molecule has 0 aliphatic heterocycles. The Morgan fingerprint density at radius 2 is 1.39 bits per heavy atom. The lowest BCUT2D eigenvalue weighted by Gasteiger charge is -2.25. The van der Waals surface area contributed by atoms with Gasteiger partial charge in [-0.25, -0.2) is 0 Å². The third-order valence-corrected chi connectivity index (χ3v) is 4.57. The largest absolute Gasteiger partial charge is 0.390 e. The van der Waals surface area contributed by atoms with Gasteiger partial charge in [0.25, 0.3) is 0 Å². The van der Waals surface area contributed by atoms with Crippen molar-refractivity contribution in [3.63, 3.8) is 0 Å². The Kier molecular flexibility index (Phi) is 15.3. The van der Waals surface area contributed by atoms with Gasteiger partial charge >= 0.3 is 0 Å².